The van der Waals surface area contributed by atoms with E-state index in [9.17, 15) is 13.2 Å². The molecule has 1 heterocycles. The number of alkyl halides is 3. The Morgan fingerprint density at radius 1 is 1.57 bits per heavy atom. The van der Waals surface area contributed by atoms with Crippen molar-refractivity contribution in [1.29, 1.82) is 5.26 Å². The minimum absolute atomic E-state index is 0.360. The minimum atomic E-state index is -2.94. The molecule has 0 spiro atoms. The molecule has 0 atom stereocenters. The van der Waals surface area contributed by atoms with Crippen LogP contribution in [0.3, 0.4) is 0 Å². The van der Waals surface area contributed by atoms with Gasteiger partial charge < -0.3 is 0 Å². The normalized spacial score (nSPS) is 10.3. The maximum Gasteiger partial charge on any atom is 0.280 e. The quantitative estimate of drug-likeness (QED) is 0.719. The molecule has 0 bridgehead atoms. The Hall–Kier alpha value is -1.28. The molecule has 14 heavy (non-hydrogen) atoms. The number of pyridine rings is 1. The molecular formula is C8H4ClF3N2. The van der Waals surface area contributed by atoms with Gasteiger partial charge in [-0.15, -0.1) is 11.6 Å². The molecule has 0 radical (unpaired) electrons. The lowest BCUT2D eigenvalue weighted by molar-refractivity contribution is 0.144. The fourth-order valence-electron chi connectivity index (χ4n) is 0.929. The zero-order valence-electron chi connectivity index (χ0n) is 6.77. The number of hydrogen-bond donors (Lipinski definition) is 0. The smallest absolute Gasteiger partial charge is 0.236 e. The van der Waals surface area contributed by atoms with Gasteiger partial charge in [0.1, 0.15) is 23.3 Å². The Bertz CT molecular complexity index is 387. The van der Waals surface area contributed by atoms with Crippen molar-refractivity contribution >= 4 is 11.6 Å². The van der Waals surface area contributed by atoms with Crippen LogP contribution >= 0.6 is 11.6 Å². The lowest BCUT2D eigenvalue weighted by Crippen LogP contribution is -2.02. The van der Waals surface area contributed by atoms with E-state index in [2.05, 4.69) is 4.98 Å². The van der Waals surface area contributed by atoms with Crippen molar-refractivity contribution in [3.05, 3.63) is 28.8 Å². The van der Waals surface area contributed by atoms with Gasteiger partial charge in [0, 0.05) is 11.6 Å². The van der Waals surface area contributed by atoms with Crippen molar-refractivity contribution in [1.82, 2.24) is 4.98 Å². The van der Waals surface area contributed by atoms with Gasteiger partial charge in [-0.3, -0.25) is 0 Å². The topological polar surface area (TPSA) is 36.7 Å². The van der Waals surface area contributed by atoms with Crippen LogP contribution in [-0.4, -0.2) is 4.98 Å². The Balaban J connectivity index is 3.37. The van der Waals surface area contributed by atoms with E-state index in [1.807, 2.05) is 0 Å². The molecule has 0 fully saturated rings. The molecule has 0 unspecified atom stereocenters. The molecule has 0 aromatic carbocycles. The maximum atomic E-state index is 13.0. The highest BCUT2D eigenvalue weighted by molar-refractivity contribution is 6.17. The van der Waals surface area contributed by atoms with E-state index in [0.717, 1.165) is 6.07 Å². The third-order valence-corrected chi connectivity index (χ3v) is 1.82. The summed E-state index contributed by atoms with van der Waals surface area (Å²) in [6.07, 6.45) is -2.94. The van der Waals surface area contributed by atoms with Crippen LogP contribution in [0.2, 0.25) is 0 Å². The monoisotopic (exact) mass is 220 g/mol. The fourth-order valence-corrected chi connectivity index (χ4v) is 1.19. The SMILES string of the molecule is N#Cc1cc(F)c(CCl)c(C(F)F)n1. The molecule has 0 aliphatic rings. The zero-order chi connectivity index (χ0) is 10.7. The highest BCUT2D eigenvalue weighted by Crippen LogP contribution is 2.24. The van der Waals surface area contributed by atoms with Gasteiger partial charge in [-0.05, 0) is 0 Å². The third kappa shape index (κ3) is 1.96. The van der Waals surface area contributed by atoms with Crippen LogP contribution in [0.5, 0.6) is 0 Å². The van der Waals surface area contributed by atoms with Crippen LogP contribution in [0, 0.1) is 17.1 Å². The number of nitriles is 1. The summed E-state index contributed by atoms with van der Waals surface area (Å²) in [6.45, 7) is 0. The van der Waals surface area contributed by atoms with Gasteiger partial charge in [0.2, 0.25) is 0 Å². The first-order chi connectivity index (χ1) is 6.60. The van der Waals surface area contributed by atoms with E-state index in [1.54, 1.807) is 0 Å². The highest BCUT2D eigenvalue weighted by atomic mass is 35.5. The van der Waals surface area contributed by atoms with E-state index in [-0.39, 0.29) is 11.3 Å². The van der Waals surface area contributed by atoms with Gasteiger partial charge in [0.25, 0.3) is 6.43 Å². The molecule has 0 saturated carbocycles. The zero-order valence-corrected chi connectivity index (χ0v) is 7.52. The van der Waals surface area contributed by atoms with Crippen molar-refractivity contribution in [2.24, 2.45) is 0 Å². The summed E-state index contributed by atoms with van der Waals surface area (Å²) in [4.78, 5) is 3.29. The molecule has 1 aromatic heterocycles. The standard InChI is InChI=1S/C8H4ClF3N2/c9-2-5-6(10)1-4(3-13)14-7(5)8(11)12/h1,8H,2H2. The Morgan fingerprint density at radius 2 is 2.21 bits per heavy atom. The number of halogens is 4. The summed E-state index contributed by atoms with van der Waals surface area (Å²) in [6, 6.07) is 2.27. The predicted octanol–water partition coefficient (Wildman–Crippen LogP) is 2.77. The van der Waals surface area contributed by atoms with E-state index < -0.39 is 23.8 Å². The average molecular weight is 221 g/mol. The lowest BCUT2D eigenvalue weighted by atomic mass is 10.2. The molecule has 6 heteroatoms. The van der Waals surface area contributed by atoms with Gasteiger partial charge in [0.05, 0.1) is 5.88 Å². The van der Waals surface area contributed by atoms with Gasteiger partial charge in [-0.2, -0.15) is 5.26 Å². The summed E-state index contributed by atoms with van der Waals surface area (Å²) >= 11 is 5.28. The molecule has 0 amide bonds. The van der Waals surface area contributed by atoms with Gasteiger partial charge in [0.15, 0.2) is 0 Å². The van der Waals surface area contributed by atoms with E-state index in [1.165, 1.54) is 6.07 Å². The van der Waals surface area contributed by atoms with Crippen LogP contribution in [0.4, 0.5) is 13.2 Å². The van der Waals surface area contributed by atoms with E-state index >= 15 is 0 Å². The molecule has 0 saturated heterocycles. The highest BCUT2D eigenvalue weighted by Gasteiger charge is 2.19. The Kier molecular flexibility index (Phi) is 3.31. The lowest BCUT2D eigenvalue weighted by Gasteiger charge is -2.06. The Labute approximate surface area is 82.9 Å². The summed E-state index contributed by atoms with van der Waals surface area (Å²) < 4.78 is 37.7. The first-order valence-corrected chi connectivity index (χ1v) is 4.07. The summed E-state index contributed by atoms with van der Waals surface area (Å²) in [5.74, 6) is -1.33. The molecule has 0 aliphatic carbocycles. The predicted molar refractivity (Wildman–Crippen MR) is 43.4 cm³/mol. The molecule has 1 aromatic rings. The van der Waals surface area contributed by atoms with Crippen LogP contribution in [0.1, 0.15) is 23.4 Å². The second kappa shape index (κ2) is 4.29. The van der Waals surface area contributed by atoms with Crippen molar-refractivity contribution < 1.29 is 13.2 Å². The third-order valence-electron chi connectivity index (χ3n) is 1.56. The molecule has 2 nitrogen and oxygen atoms in total. The van der Waals surface area contributed by atoms with Crippen LogP contribution in [0.25, 0.3) is 0 Å². The molecule has 0 aliphatic heterocycles. The number of nitrogens with zero attached hydrogens (tertiary/aromatic N) is 2. The van der Waals surface area contributed by atoms with E-state index in [0.29, 0.717) is 0 Å². The molecular weight excluding hydrogens is 217 g/mol. The second-order valence-electron chi connectivity index (χ2n) is 2.40. The van der Waals surface area contributed by atoms with Crippen molar-refractivity contribution in [3.8, 4) is 6.07 Å². The number of aromatic nitrogens is 1. The first kappa shape index (κ1) is 10.8. The van der Waals surface area contributed by atoms with Gasteiger partial charge in [-0.1, -0.05) is 0 Å². The van der Waals surface area contributed by atoms with Crippen molar-refractivity contribution in [2.45, 2.75) is 12.3 Å². The summed E-state index contributed by atoms with van der Waals surface area (Å²) in [5, 5.41) is 8.37. The Morgan fingerprint density at radius 3 is 2.64 bits per heavy atom. The van der Waals surface area contributed by atoms with E-state index in [4.69, 9.17) is 16.9 Å². The van der Waals surface area contributed by atoms with Crippen molar-refractivity contribution in [2.75, 3.05) is 0 Å². The minimum Gasteiger partial charge on any atom is -0.236 e. The van der Waals surface area contributed by atoms with Crippen LogP contribution in [0.15, 0.2) is 6.07 Å². The number of rotatable bonds is 2. The first-order valence-electron chi connectivity index (χ1n) is 3.53. The van der Waals surface area contributed by atoms with Crippen molar-refractivity contribution in [3.63, 3.8) is 0 Å². The summed E-state index contributed by atoms with van der Waals surface area (Å²) in [5.41, 5.74) is -1.51. The second-order valence-corrected chi connectivity index (χ2v) is 2.67. The number of hydrogen-bond acceptors (Lipinski definition) is 2. The average Bonchev–Trinajstić information content (AvgIpc) is 2.16. The largest absolute Gasteiger partial charge is 0.280 e. The molecule has 1 rings (SSSR count). The molecule has 0 N–H and O–H groups in total. The van der Waals surface area contributed by atoms with Gasteiger partial charge in [-0.25, -0.2) is 18.2 Å². The summed E-state index contributed by atoms with van der Waals surface area (Å²) in [7, 11) is 0. The fraction of sp³-hybridized carbons (Fsp3) is 0.250. The van der Waals surface area contributed by atoms with Crippen LogP contribution < -0.4 is 0 Å². The van der Waals surface area contributed by atoms with Gasteiger partial charge >= 0.3 is 0 Å². The maximum absolute atomic E-state index is 13.0. The molecule has 74 valence electrons. The van der Waals surface area contributed by atoms with Crippen LogP contribution in [-0.2, 0) is 5.88 Å².